The minimum Gasteiger partial charge on any atom is -0.459 e. The molecule has 0 aliphatic heterocycles. The minimum atomic E-state index is -0.379. The Hall–Kier alpha value is -2.66. The average Bonchev–Trinajstić information content (AvgIpc) is 2.86. The lowest BCUT2D eigenvalue weighted by Gasteiger charge is -2.21. The Labute approximate surface area is 204 Å². The summed E-state index contributed by atoms with van der Waals surface area (Å²) in [6.07, 6.45) is 8.01. The van der Waals surface area contributed by atoms with E-state index in [0.717, 1.165) is 36.8 Å². The van der Waals surface area contributed by atoms with Gasteiger partial charge in [0.1, 0.15) is 12.4 Å². The molecule has 0 amide bonds. The van der Waals surface area contributed by atoms with Crippen molar-refractivity contribution in [2.75, 3.05) is 13.7 Å². The summed E-state index contributed by atoms with van der Waals surface area (Å²) in [5.41, 5.74) is 2.16. The number of methoxy groups -OCH3 is 1. The van der Waals surface area contributed by atoms with Gasteiger partial charge in [0.05, 0.1) is 11.7 Å². The van der Waals surface area contributed by atoms with Crippen molar-refractivity contribution in [3.05, 3.63) is 54.1 Å². The molecule has 186 valence electrons. The molecule has 0 heterocycles. The molecule has 2 aromatic carbocycles. The van der Waals surface area contributed by atoms with Gasteiger partial charge in [-0.2, -0.15) is 0 Å². The highest BCUT2D eigenvalue weighted by molar-refractivity contribution is 5.90. The second-order valence-corrected chi connectivity index (χ2v) is 8.82. The Bertz CT molecular complexity index is 874. The van der Waals surface area contributed by atoms with Gasteiger partial charge in [-0.3, -0.25) is 4.79 Å². The van der Waals surface area contributed by atoms with Gasteiger partial charge in [-0.15, -0.1) is 0 Å². The number of rotatable bonds is 15. The third kappa shape index (κ3) is 8.94. The lowest BCUT2D eigenvalue weighted by Crippen LogP contribution is -2.27. The molecule has 0 saturated heterocycles. The van der Waals surface area contributed by atoms with Gasteiger partial charge in [-0.1, -0.05) is 89.6 Å². The molecule has 2 rings (SSSR count). The van der Waals surface area contributed by atoms with E-state index in [1.165, 1.54) is 19.3 Å². The largest absolute Gasteiger partial charge is 0.459 e. The summed E-state index contributed by atoms with van der Waals surface area (Å²) in [6.45, 7) is 6.58. The van der Waals surface area contributed by atoms with E-state index in [2.05, 4.69) is 20.8 Å². The van der Waals surface area contributed by atoms with Gasteiger partial charge in [0, 0.05) is 19.1 Å². The molecule has 2 aromatic rings. The molecule has 5 heteroatoms. The number of benzene rings is 2. The van der Waals surface area contributed by atoms with Gasteiger partial charge in [0.2, 0.25) is 0 Å². The Morgan fingerprint density at radius 3 is 2.24 bits per heavy atom. The number of hydrogen-bond donors (Lipinski definition) is 0. The Morgan fingerprint density at radius 2 is 1.56 bits per heavy atom. The quantitative estimate of drug-likeness (QED) is 0.157. The van der Waals surface area contributed by atoms with Crippen molar-refractivity contribution in [1.82, 2.24) is 0 Å². The maximum Gasteiger partial charge on any atom is 0.338 e. The number of para-hydroxylation sites is 1. The van der Waals surface area contributed by atoms with Crippen LogP contribution in [0.15, 0.2) is 48.5 Å². The summed E-state index contributed by atoms with van der Waals surface area (Å²) in [4.78, 5) is 24.8. The smallest absolute Gasteiger partial charge is 0.338 e. The summed E-state index contributed by atoms with van der Waals surface area (Å²) in [7, 11) is 1.64. The molecule has 0 aliphatic carbocycles. The third-order valence-electron chi connectivity index (χ3n) is 6.24. The fourth-order valence-corrected chi connectivity index (χ4v) is 3.77. The lowest BCUT2D eigenvalue weighted by atomic mass is 10.0. The van der Waals surface area contributed by atoms with Crippen LogP contribution in [0.4, 0.5) is 0 Å². The highest BCUT2D eigenvalue weighted by Gasteiger charge is 2.18. The maximum atomic E-state index is 12.5. The van der Waals surface area contributed by atoms with E-state index >= 15 is 0 Å². The van der Waals surface area contributed by atoms with E-state index < -0.39 is 0 Å². The standard InChI is InChI=1S/C29H40O5/c1-5-7-8-9-10-11-16-28(30)34-26-15-13-12-14-25(26)23-17-19-24(20-18-23)29(31)33-21-27(32-4)22(3)6-2/h12-15,17-20,22,27H,5-11,16,21H2,1-4H3/t22-,27+/m0/s1. The molecule has 2 atom stereocenters. The number of ether oxygens (including phenoxy) is 3. The van der Waals surface area contributed by atoms with E-state index in [-0.39, 0.29) is 24.6 Å². The molecular formula is C29H40O5. The third-order valence-corrected chi connectivity index (χ3v) is 6.24. The van der Waals surface area contributed by atoms with Crippen LogP contribution in [0.1, 0.15) is 82.5 Å². The number of esters is 2. The summed E-state index contributed by atoms with van der Waals surface area (Å²) >= 11 is 0. The van der Waals surface area contributed by atoms with Crippen molar-refractivity contribution < 1.29 is 23.8 Å². The van der Waals surface area contributed by atoms with Gasteiger partial charge in [-0.05, 0) is 36.1 Å². The van der Waals surface area contributed by atoms with Crippen molar-refractivity contribution in [1.29, 1.82) is 0 Å². The maximum absolute atomic E-state index is 12.5. The predicted octanol–water partition coefficient (Wildman–Crippen LogP) is 7.23. The Morgan fingerprint density at radius 1 is 0.882 bits per heavy atom. The number of hydrogen-bond acceptors (Lipinski definition) is 5. The van der Waals surface area contributed by atoms with E-state index in [4.69, 9.17) is 14.2 Å². The first-order chi connectivity index (χ1) is 16.5. The van der Waals surface area contributed by atoms with Crippen molar-refractivity contribution in [3.63, 3.8) is 0 Å². The number of carbonyl (C=O) groups excluding carboxylic acids is 2. The van der Waals surface area contributed by atoms with E-state index in [1.54, 1.807) is 25.3 Å². The fourth-order valence-electron chi connectivity index (χ4n) is 3.77. The first-order valence-corrected chi connectivity index (χ1v) is 12.6. The summed E-state index contributed by atoms with van der Waals surface area (Å²) < 4.78 is 16.6. The fraction of sp³-hybridized carbons (Fsp3) is 0.517. The van der Waals surface area contributed by atoms with Gasteiger partial charge in [0.15, 0.2) is 0 Å². The van der Waals surface area contributed by atoms with Gasteiger partial charge in [0.25, 0.3) is 0 Å². The van der Waals surface area contributed by atoms with E-state index in [1.807, 2.05) is 30.3 Å². The van der Waals surface area contributed by atoms with Crippen LogP contribution in [0, 0.1) is 5.92 Å². The molecule has 0 aromatic heterocycles. The van der Waals surface area contributed by atoms with Gasteiger partial charge >= 0.3 is 11.9 Å². The van der Waals surface area contributed by atoms with Gasteiger partial charge < -0.3 is 14.2 Å². The van der Waals surface area contributed by atoms with Crippen LogP contribution in [-0.4, -0.2) is 31.8 Å². The monoisotopic (exact) mass is 468 g/mol. The molecule has 0 radical (unpaired) electrons. The van der Waals surface area contributed by atoms with Gasteiger partial charge in [-0.25, -0.2) is 4.79 Å². The van der Waals surface area contributed by atoms with Crippen molar-refractivity contribution in [2.45, 2.75) is 78.2 Å². The zero-order valence-electron chi connectivity index (χ0n) is 21.2. The predicted molar refractivity (Wildman–Crippen MR) is 136 cm³/mol. The van der Waals surface area contributed by atoms with Crippen LogP contribution in [0.2, 0.25) is 0 Å². The van der Waals surface area contributed by atoms with Crippen molar-refractivity contribution in [3.8, 4) is 16.9 Å². The molecule has 0 bridgehead atoms. The Balaban J connectivity index is 1.95. The number of carbonyl (C=O) groups is 2. The second-order valence-electron chi connectivity index (χ2n) is 8.82. The topological polar surface area (TPSA) is 61.8 Å². The molecule has 0 N–H and O–H groups in total. The van der Waals surface area contributed by atoms with Crippen LogP contribution in [0.5, 0.6) is 5.75 Å². The number of unbranched alkanes of at least 4 members (excludes halogenated alkanes) is 5. The first kappa shape index (κ1) is 27.6. The molecule has 5 nitrogen and oxygen atoms in total. The van der Waals surface area contributed by atoms with Crippen molar-refractivity contribution >= 4 is 11.9 Å². The molecule has 34 heavy (non-hydrogen) atoms. The lowest BCUT2D eigenvalue weighted by molar-refractivity contribution is -0.134. The summed E-state index contributed by atoms with van der Waals surface area (Å²) in [5, 5.41) is 0. The van der Waals surface area contributed by atoms with Crippen LogP contribution >= 0.6 is 0 Å². The van der Waals surface area contributed by atoms with E-state index in [9.17, 15) is 9.59 Å². The first-order valence-electron chi connectivity index (χ1n) is 12.6. The SMILES string of the molecule is CCCCCCCCC(=O)Oc1ccccc1-c1ccc(C(=O)OC[C@@H](OC)[C@@H](C)CC)cc1. The van der Waals surface area contributed by atoms with Crippen LogP contribution in [0.3, 0.4) is 0 Å². The minimum absolute atomic E-state index is 0.119. The molecule has 0 spiro atoms. The van der Waals surface area contributed by atoms with Crippen LogP contribution in [0.25, 0.3) is 11.1 Å². The Kier molecular flexibility index (Phi) is 12.4. The summed E-state index contributed by atoms with van der Waals surface area (Å²) in [5.74, 6) is 0.249. The highest BCUT2D eigenvalue weighted by atomic mass is 16.6. The summed E-state index contributed by atoms with van der Waals surface area (Å²) in [6, 6.07) is 14.6. The molecular weight excluding hydrogens is 428 g/mol. The molecule has 0 saturated carbocycles. The average molecular weight is 469 g/mol. The van der Waals surface area contributed by atoms with Crippen LogP contribution in [-0.2, 0) is 14.3 Å². The molecule has 0 unspecified atom stereocenters. The zero-order valence-corrected chi connectivity index (χ0v) is 21.2. The van der Waals surface area contributed by atoms with Crippen LogP contribution < -0.4 is 4.74 Å². The molecule has 0 fully saturated rings. The van der Waals surface area contributed by atoms with Crippen molar-refractivity contribution in [2.24, 2.45) is 5.92 Å². The highest BCUT2D eigenvalue weighted by Crippen LogP contribution is 2.30. The van der Waals surface area contributed by atoms with E-state index in [0.29, 0.717) is 23.7 Å². The second kappa shape index (κ2) is 15.3. The zero-order chi connectivity index (χ0) is 24.8. The molecule has 0 aliphatic rings. The normalized spacial score (nSPS) is 12.7.